The number of nitrogens with one attached hydrogen (secondary N) is 1. The molecule has 5 nitrogen and oxygen atoms in total. The van der Waals surface area contributed by atoms with E-state index >= 15 is 0 Å². The summed E-state index contributed by atoms with van der Waals surface area (Å²) in [6.07, 6.45) is 5.17. The quantitative estimate of drug-likeness (QED) is 0.596. The highest BCUT2D eigenvalue weighted by atomic mass is 32.1. The van der Waals surface area contributed by atoms with Crippen LogP contribution in [0.1, 0.15) is 11.1 Å². The summed E-state index contributed by atoms with van der Waals surface area (Å²) in [4.78, 5) is 3.98. The Kier molecular flexibility index (Phi) is 3.70. The minimum Gasteiger partial charge on any atom is -0.265 e. The van der Waals surface area contributed by atoms with Gasteiger partial charge in [0, 0.05) is 18.0 Å². The molecule has 0 aliphatic rings. The van der Waals surface area contributed by atoms with Crippen molar-refractivity contribution in [3.8, 4) is 11.4 Å². The second-order valence-corrected chi connectivity index (χ2v) is 4.89. The van der Waals surface area contributed by atoms with Crippen molar-refractivity contribution in [2.45, 2.75) is 6.92 Å². The number of aryl methyl sites for hydroxylation is 1. The number of hydrogen-bond acceptors (Lipinski definition) is 4. The normalized spacial score (nSPS) is 11.1. The number of hydrogen-bond donors (Lipinski definition) is 1. The molecule has 0 unspecified atom stereocenters. The zero-order chi connectivity index (χ0) is 14.7. The van der Waals surface area contributed by atoms with Crippen LogP contribution in [0.25, 0.3) is 11.4 Å². The number of benzene rings is 1. The first-order valence-corrected chi connectivity index (χ1v) is 6.84. The van der Waals surface area contributed by atoms with Gasteiger partial charge in [-0.25, -0.2) is 5.10 Å². The first-order valence-electron chi connectivity index (χ1n) is 6.43. The van der Waals surface area contributed by atoms with Gasteiger partial charge >= 0.3 is 0 Å². The number of nitrogens with zero attached hydrogens (tertiary/aromatic N) is 4. The Balaban J connectivity index is 2.05. The fourth-order valence-electron chi connectivity index (χ4n) is 1.97. The number of pyridine rings is 1. The molecule has 0 saturated heterocycles. The van der Waals surface area contributed by atoms with Crippen LogP contribution in [0.15, 0.2) is 53.9 Å². The first kappa shape index (κ1) is 13.4. The molecule has 0 aliphatic carbocycles. The Morgan fingerprint density at radius 3 is 2.71 bits per heavy atom. The van der Waals surface area contributed by atoms with Crippen LogP contribution in [0.2, 0.25) is 0 Å². The fourth-order valence-corrected chi connectivity index (χ4v) is 2.15. The molecule has 3 aromatic rings. The summed E-state index contributed by atoms with van der Waals surface area (Å²) in [6.45, 7) is 2.03. The molecule has 0 fully saturated rings. The summed E-state index contributed by atoms with van der Waals surface area (Å²) in [5, 5.41) is 11.5. The third kappa shape index (κ3) is 2.80. The second kappa shape index (κ2) is 5.80. The molecule has 2 aromatic heterocycles. The molecule has 1 N–H and O–H groups in total. The number of rotatable bonds is 3. The van der Waals surface area contributed by atoms with Crippen LogP contribution in [-0.2, 0) is 0 Å². The zero-order valence-corrected chi connectivity index (χ0v) is 12.2. The van der Waals surface area contributed by atoms with Crippen molar-refractivity contribution in [1.82, 2.24) is 19.9 Å². The summed E-state index contributed by atoms with van der Waals surface area (Å²) in [5.74, 6) is 0.698. The Hall–Kier alpha value is -2.60. The molecule has 2 heterocycles. The van der Waals surface area contributed by atoms with E-state index in [0.717, 1.165) is 16.7 Å². The molecule has 0 atom stereocenters. The maximum Gasteiger partial charge on any atom is 0.216 e. The highest BCUT2D eigenvalue weighted by molar-refractivity contribution is 7.71. The third-order valence-electron chi connectivity index (χ3n) is 3.06. The van der Waals surface area contributed by atoms with Gasteiger partial charge in [-0.2, -0.15) is 14.9 Å². The van der Waals surface area contributed by atoms with Gasteiger partial charge in [-0.15, -0.1) is 0 Å². The summed E-state index contributed by atoms with van der Waals surface area (Å²) in [6, 6.07) is 11.7. The summed E-state index contributed by atoms with van der Waals surface area (Å²) >= 11 is 5.25. The Morgan fingerprint density at radius 1 is 1.19 bits per heavy atom. The second-order valence-electron chi connectivity index (χ2n) is 4.50. The van der Waals surface area contributed by atoms with Crippen molar-refractivity contribution in [3.05, 3.63) is 64.7 Å². The van der Waals surface area contributed by atoms with Gasteiger partial charge in [0.25, 0.3) is 0 Å². The van der Waals surface area contributed by atoms with Crippen molar-refractivity contribution in [3.63, 3.8) is 0 Å². The van der Waals surface area contributed by atoms with E-state index in [0.29, 0.717) is 10.6 Å². The predicted molar refractivity (Wildman–Crippen MR) is 84.8 cm³/mol. The monoisotopic (exact) mass is 295 g/mol. The topological polar surface area (TPSA) is 58.9 Å². The molecule has 21 heavy (non-hydrogen) atoms. The Labute approximate surface area is 127 Å². The fraction of sp³-hybridized carbons (Fsp3) is 0.0667. The molecule has 0 spiro atoms. The van der Waals surface area contributed by atoms with Crippen molar-refractivity contribution < 1.29 is 0 Å². The van der Waals surface area contributed by atoms with E-state index in [4.69, 9.17) is 12.2 Å². The molecule has 3 rings (SSSR count). The first-order chi connectivity index (χ1) is 10.3. The van der Waals surface area contributed by atoms with Crippen LogP contribution in [0.3, 0.4) is 0 Å². The highest BCUT2D eigenvalue weighted by Gasteiger charge is 2.09. The summed E-state index contributed by atoms with van der Waals surface area (Å²) < 4.78 is 2.08. The van der Waals surface area contributed by atoms with Gasteiger partial charge < -0.3 is 0 Å². The summed E-state index contributed by atoms with van der Waals surface area (Å²) in [5.41, 5.74) is 3.06. The van der Waals surface area contributed by atoms with Gasteiger partial charge in [0.05, 0.1) is 6.21 Å². The zero-order valence-electron chi connectivity index (χ0n) is 11.4. The van der Waals surface area contributed by atoms with Gasteiger partial charge in [0.1, 0.15) is 0 Å². The van der Waals surface area contributed by atoms with E-state index in [1.165, 1.54) is 0 Å². The smallest absolute Gasteiger partial charge is 0.216 e. The Morgan fingerprint density at radius 2 is 1.95 bits per heavy atom. The van der Waals surface area contributed by atoms with Crippen molar-refractivity contribution in [2.24, 2.45) is 5.10 Å². The lowest BCUT2D eigenvalue weighted by Crippen LogP contribution is -1.96. The predicted octanol–water partition coefficient (Wildman–Crippen LogP) is 3.19. The maximum atomic E-state index is 5.25. The van der Waals surface area contributed by atoms with Gasteiger partial charge in [-0.3, -0.25) is 4.98 Å². The molecule has 0 aliphatic heterocycles. The van der Waals surface area contributed by atoms with E-state index in [1.807, 2.05) is 43.3 Å². The van der Waals surface area contributed by atoms with E-state index in [9.17, 15) is 0 Å². The molecule has 0 bridgehead atoms. The molecule has 0 saturated carbocycles. The van der Waals surface area contributed by atoms with Gasteiger partial charge in [0.15, 0.2) is 5.82 Å². The molecular weight excluding hydrogens is 282 g/mol. The van der Waals surface area contributed by atoms with Crippen LogP contribution < -0.4 is 0 Å². The van der Waals surface area contributed by atoms with Crippen LogP contribution in [0, 0.1) is 11.7 Å². The lowest BCUT2D eigenvalue weighted by molar-refractivity contribution is 0.870. The Bertz CT molecular complexity index is 833. The minimum atomic E-state index is 0.457. The molecule has 0 radical (unpaired) electrons. The standard InChI is InChI=1S/C15H13N5S/c1-11-4-2-3-5-13(11)14-18-19-15(21)20(14)17-10-12-6-8-16-9-7-12/h2-10H,1H3,(H,19,21)/b17-10+. The largest absolute Gasteiger partial charge is 0.265 e. The lowest BCUT2D eigenvalue weighted by Gasteiger charge is -2.04. The van der Waals surface area contributed by atoms with Crippen LogP contribution >= 0.6 is 12.2 Å². The SMILES string of the molecule is Cc1ccccc1-c1n[nH]c(=S)n1/N=C/c1ccncc1. The van der Waals surface area contributed by atoms with Crippen molar-refractivity contribution in [2.75, 3.05) is 0 Å². The van der Waals surface area contributed by atoms with Crippen LogP contribution in [-0.4, -0.2) is 26.1 Å². The van der Waals surface area contributed by atoms with Crippen molar-refractivity contribution >= 4 is 18.4 Å². The van der Waals surface area contributed by atoms with E-state index in [-0.39, 0.29) is 0 Å². The van der Waals surface area contributed by atoms with Gasteiger partial charge in [0.2, 0.25) is 4.77 Å². The number of aromatic nitrogens is 4. The van der Waals surface area contributed by atoms with Gasteiger partial charge in [-0.05, 0) is 42.4 Å². The molecule has 104 valence electrons. The molecule has 1 aromatic carbocycles. The highest BCUT2D eigenvalue weighted by Crippen LogP contribution is 2.21. The van der Waals surface area contributed by atoms with E-state index < -0.39 is 0 Å². The van der Waals surface area contributed by atoms with Crippen LogP contribution in [0.4, 0.5) is 0 Å². The molecule has 0 amide bonds. The third-order valence-corrected chi connectivity index (χ3v) is 3.33. The molecule has 6 heteroatoms. The van der Waals surface area contributed by atoms with Crippen LogP contribution in [0.5, 0.6) is 0 Å². The lowest BCUT2D eigenvalue weighted by atomic mass is 10.1. The minimum absolute atomic E-state index is 0.457. The van der Waals surface area contributed by atoms with E-state index in [2.05, 4.69) is 20.3 Å². The average molecular weight is 295 g/mol. The van der Waals surface area contributed by atoms with Crippen molar-refractivity contribution in [1.29, 1.82) is 0 Å². The summed E-state index contributed by atoms with van der Waals surface area (Å²) in [7, 11) is 0. The van der Waals surface area contributed by atoms with Gasteiger partial charge in [-0.1, -0.05) is 24.3 Å². The number of aromatic amines is 1. The number of H-pyrrole nitrogens is 1. The molecular formula is C15H13N5S. The maximum absolute atomic E-state index is 5.25. The average Bonchev–Trinajstić information content (AvgIpc) is 2.88. The van der Waals surface area contributed by atoms with E-state index in [1.54, 1.807) is 23.3 Å².